The molecule has 0 aliphatic carbocycles. The number of ether oxygens (including phenoxy) is 1. The lowest BCUT2D eigenvalue weighted by atomic mass is 10.3. The zero-order chi connectivity index (χ0) is 11.1. The van der Waals surface area contributed by atoms with Gasteiger partial charge in [-0.2, -0.15) is 0 Å². The van der Waals surface area contributed by atoms with Gasteiger partial charge in [0.15, 0.2) is 0 Å². The fraction of sp³-hybridized carbons (Fsp3) is 0.375. The first-order chi connectivity index (χ1) is 6.98. The van der Waals surface area contributed by atoms with Crippen LogP contribution in [0.5, 0.6) is 5.88 Å². The molecule has 15 heavy (non-hydrogen) atoms. The van der Waals surface area contributed by atoms with Gasteiger partial charge in [-0.3, -0.25) is 4.31 Å². The molecular formula is C8H11N3O3S. The molecule has 0 radical (unpaired) electrons. The quantitative estimate of drug-likeness (QED) is 0.722. The third-order valence-corrected chi connectivity index (χ3v) is 3.24. The van der Waals surface area contributed by atoms with E-state index in [9.17, 15) is 8.42 Å². The van der Waals surface area contributed by atoms with Crippen molar-refractivity contribution in [3.8, 4) is 5.88 Å². The van der Waals surface area contributed by atoms with Crippen molar-refractivity contribution in [2.45, 2.75) is 0 Å². The predicted molar refractivity (Wildman–Crippen MR) is 56.3 cm³/mol. The summed E-state index contributed by atoms with van der Waals surface area (Å²) in [6.07, 6.45) is 2.58. The number of hydrogen-bond acceptors (Lipinski definition) is 5. The highest BCUT2D eigenvalue weighted by Gasteiger charge is 2.26. The first kappa shape index (κ1) is 10.0. The van der Waals surface area contributed by atoms with E-state index in [-0.39, 0.29) is 6.54 Å². The van der Waals surface area contributed by atoms with E-state index in [1.54, 1.807) is 6.07 Å². The Morgan fingerprint density at radius 1 is 1.60 bits per heavy atom. The number of rotatable bonds is 1. The molecule has 2 rings (SSSR count). The van der Waals surface area contributed by atoms with Crippen molar-refractivity contribution < 1.29 is 13.2 Å². The lowest BCUT2D eigenvalue weighted by Gasteiger charge is -2.28. The molecule has 0 saturated heterocycles. The topological polar surface area (TPSA) is 85.5 Å². The average Bonchev–Trinajstić information content (AvgIpc) is 2.15. The summed E-state index contributed by atoms with van der Waals surface area (Å²) in [6, 6.07) is 1.54. The largest absolute Gasteiger partial charge is 0.474 e. The normalized spacial score (nSPS) is 15.7. The fourth-order valence-electron chi connectivity index (χ4n) is 1.44. The van der Waals surface area contributed by atoms with E-state index in [1.165, 1.54) is 10.5 Å². The van der Waals surface area contributed by atoms with E-state index < -0.39 is 10.0 Å². The van der Waals surface area contributed by atoms with E-state index in [0.29, 0.717) is 23.9 Å². The Labute approximate surface area is 87.7 Å². The lowest BCUT2D eigenvalue weighted by molar-refractivity contribution is 0.303. The highest BCUT2D eigenvalue weighted by atomic mass is 32.2. The maximum absolute atomic E-state index is 11.5. The molecule has 7 heteroatoms. The van der Waals surface area contributed by atoms with Crippen LogP contribution in [-0.2, 0) is 10.0 Å². The van der Waals surface area contributed by atoms with Gasteiger partial charge in [0, 0.05) is 0 Å². The Morgan fingerprint density at radius 2 is 2.33 bits per heavy atom. The minimum Gasteiger partial charge on any atom is -0.474 e. The molecule has 82 valence electrons. The molecule has 0 atom stereocenters. The first-order valence-electron chi connectivity index (χ1n) is 4.34. The van der Waals surface area contributed by atoms with E-state index in [1.807, 2.05) is 0 Å². The van der Waals surface area contributed by atoms with Gasteiger partial charge in [-0.05, 0) is 6.07 Å². The number of pyridine rings is 1. The molecule has 0 unspecified atom stereocenters. The van der Waals surface area contributed by atoms with Crippen molar-refractivity contribution >= 4 is 21.4 Å². The van der Waals surface area contributed by atoms with Crippen LogP contribution in [0.1, 0.15) is 0 Å². The van der Waals surface area contributed by atoms with Gasteiger partial charge in [-0.25, -0.2) is 13.4 Å². The van der Waals surface area contributed by atoms with Crippen LogP contribution in [0.25, 0.3) is 0 Å². The van der Waals surface area contributed by atoms with Crippen LogP contribution in [-0.4, -0.2) is 32.8 Å². The van der Waals surface area contributed by atoms with Gasteiger partial charge >= 0.3 is 0 Å². The Bertz CT molecular complexity index is 486. The smallest absolute Gasteiger partial charge is 0.238 e. The van der Waals surface area contributed by atoms with E-state index in [0.717, 1.165) is 6.26 Å². The molecule has 1 aliphatic heterocycles. The summed E-state index contributed by atoms with van der Waals surface area (Å²) in [4.78, 5) is 3.93. The van der Waals surface area contributed by atoms with Crippen molar-refractivity contribution in [2.24, 2.45) is 0 Å². The predicted octanol–water partition coefficient (Wildman–Crippen LogP) is -0.178. The highest BCUT2D eigenvalue weighted by Crippen LogP contribution is 2.32. The molecule has 0 saturated carbocycles. The summed E-state index contributed by atoms with van der Waals surface area (Å²) in [5.74, 6) is 0.306. The zero-order valence-corrected chi connectivity index (χ0v) is 8.99. The number of fused-ring (bicyclic) bond motifs is 1. The molecule has 0 amide bonds. The van der Waals surface area contributed by atoms with Gasteiger partial charge in [0.05, 0.1) is 24.7 Å². The fourth-order valence-corrected chi connectivity index (χ4v) is 2.33. The number of aromatic nitrogens is 1. The maximum Gasteiger partial charge on any atom is 0.238 e. The van der Waals surface area contributed by atoms with Crippen molar-refractivity contribution in [1.29, 1.82) is 0 Å². The monoisotopic (exact) mass is 229 g/mol. The molecule has 2 N–H and O–H groups in total. The summed E-state index contributed by atoms with van der Waals surface area (Å²) < 4.78 is 29.4. The van der Waals surface area contributed by atoms with Gasteiger partial charge in [-0.15, -0.1) is 0 Å². The zero-order valence-electron chi connectivity index (χ0n) is 8.17. The van der Waals surface area contributed by atoms with Crippen LogP contribution in [0, 0.1) is 0 Å². The number of nitrogen functional groups attached to an aromatic ring is 1. The van der Waals surface area contributed by atoms with E-state index in [2.05, 4.69) is 4.98 Å². The van der Waals surface area contributed by atoms with E-state index >= 15 is 0 Å². The summed E-state index contributed by atoms with van der Waals surface area (Å²) >= 11 is 0. The Hall–Kier alpha value is -1.50. The summed E-state index contributed by atoms with van der Waals surface area (Å²) in [5, 5.41) is 0. The number of nitrogens with zero attached hydrogens (tertiary/aromatic N) is 2. The SMILES string of the molecule is CS(=O)(=O)N1CCOc2ncc(N)cc21. The second-order valence-electron chi connectivity index (χ2n) is 3.28. The molecule has 0 aromatic carbocycles. The van der Waals surface area contributed by atoms with Crippen LogP contribution in [0.2, 0.25) is 0 Å². The first-order valence-corrected chi connectivity index (χ1v) is 6.19. The minimum atomic E-state index is -3.30. The molecule has 0 spiro atoms. The molecular weight excluding hydrogens is 218 g/mol. The second kappa shape index (κ2) is 3.27. The summed E-state index contributed by atoms with van der Waals surface area (Å²) in [5.41, 5.74) is 6.36. The van der Waals surface area contributed by atoms with Crippen molar-refractivity contribution in [2.75, 3.05) is 29.4 Å². The van der Waals surface area contributed by atoms with Crippen LogP contribution < -0.4 is 14.8 Å². The Morgan fingerprint density at radius 3 is 3.00 bits per heavy atom. The third kappa shape index (κ3) is 1.82. The average molecular weight is 229 g/mol. The van der Waals surface area contributed by atoms with Gasteiger partial charge in [0.1, 0.15) is 12.3 Å². The number of nitrogens with two attached hydrogens (primary N) is 1. The number of anilines is 2. The van der Waals surface area contributed by atoms with E-state index in [4.69, 9.17) is 10.5 Å². The maximum atomic E-state index is 11.5. The van der Waals surface area contributed by atoms with Crippen LogP contribution in [0.15, 0.2) is 12.3 Å². The lowest BCUT2D eigenvalue weighted by Crippen LogP contribution is -2.37. The van der Waals surface area contributed by atoms with Crippen molar-refractivity contribution in [1.82, 2.24) is 4.98 Å². The Kier molecular flexibility index (Phi) is 2.18. The summed E-state index contributed by atoms with van der Waals surface area (Å²) in [7, 11) is -3.30. The van der Waals surface area contributed by atoms with Crippen LogP contribution in [0.3, 0.4) is 0 Å². The summed E-state index contributed by atoms with van der Waals surface area (Å²) in [6.45, 7) is 0.591. The van der Waals surface area contributed by atoms with Crippen molar-refractivity contribution in [3.63, 3.8) is 0 Å². The standard InChI is InChI=1S/C8H11N3O3S/c1-15(12,13)11-2-3-14-8-7(11)4-6(9)5-10-8/h4-5H,2-3,9H2,1H3. The van der Waals surface area contributed by atoms with Gasteiger partial charge in [0.2, 0.25) is 15.9 Å². The molecule has 1 aromatic rings. The second-order valence-corrected chi connectivity index (χ2v) is 5.18. The van der Waals surface area contributed by atoms with Crippen LogP contribution in [0.4, 0.5) is 11.4 Å². The molecule has 1 aliphatic rings. The van der Waals surface area contributed by atoms with Gasteiger partial charge < -0.3 is 10.5 Å². The Balaban J connectivity index is 2.55. The molecule has 0 fully saturated rings. The highest BCUT2D eigenvalue weighted by molar-refractivity contribution is 7.92. The van der Waals surface area contributed by atoms with Gasteiger partial charge in [0.25, 0.3) is 0 Å². The number of hydrogen-bond donors (Lipinski definition) is 1. The van der Waals surface area contributed by atoms with Crippen LogP contribution >= 0.6 is 0 Å². The van der Waals surface area contributed by atoms with Crippen molar-refractivity contribution in [3.05, 3.63) is 12.3 Å². The molecule has 1 aromatic heterocycles. The minimum absolute atomic E-state index is 0.289. The molecule has 2 heterocycles. The number of sulfonamides is 1. The molecule has 6 nitrogen and oxygen atoms in total. The third-order valence-electron chi connectivity index (χ3n) is 2.06. The van der Waals surface area contributed by atoms with Gasteiger partial charge in [-0.1, -0.05) is 0 Å². The molecule has 0 bridgehead atoms.